The molecule has 0 radical (unpaired) electrons. The van der Waals surface area contributed by atoms with Crippen LogP contribution < -0.4 is 4.74 Å². The van der Waals surface area contributed by atoms with Gasteiger partial charge in [0, 0.05) is 24.5 Å². The Hall–Kier alpha value is -2.79. The Labute approximate surface area is 173 Å². The molecule has 0 bridgehead atoms. The number of allylic oxidation sites excluding steroid dienone is 1. The van der Waals surface area contributed by atoms with Crippen molar-refractivity contribution in [3.05, 3.63) is 66.5 Å². The minimum absolute atomic E-state index is 0.159. The number of hydrogen-bond acceptors (Lipinski definition) is 5. The van der Waals surface area contributed by atoms with Gasteiger partial charge in [-0.25, -0.2) is 4.98 Å². The highest BCUT2D eigenvalue weighted by Gasteiger charge is 2.18. The first-order chi connectivity index (χ1) is 14.1. The normalized spacial score (nSPS) is 14.3. The Balaban J connectivity index is 0.00000145. The zero-order valence-corrected chi connectivity index (χ0v) is 17.5. The van der Waals surface area contributed by atoms with Gasteiger partial charge in [-0.05, 0) is 49.1 Å². The number of aromatic nitrogens is 1. The number of phenolic OH excluding ortho intramolecular Hbond substituents is 1. The molecule has 5 heteroatoms. The molecule has 1 aliphatic rings. The van der Waals surface area contributed by atoms with E-state index in [1.54, 1.807) is 12.1 Å². The van der Waals surface area contributed by atoms with E-state index in [1.807, 2.05) is 38.1 Å². The summed E-state index contributed by atoms with van der Waals surface area (Å²) in [4.78, 5) is 6.73. The number of phenols is 1. The van der Waals surface area contributed by atoms with Crippen LogP contribution in [0.1, 0.15) is 33.1 Å². The van der Waals surface area contributed by atoms with Gasteiger partial charge in [0.2, 0.25) is 5.88 Å². The van der Waals surface area contributed by atoms with Crippen molar-refractivity contribution in [3.63, 3.8) is 0 Å². The van der Waals surface area contributed by atoms with E-state index < -0.39 is 0 Å². The third kappa shape index (κ3) is 6.09. The highest BCUT2D eigenvalue weighted by Crippen LogP contribution is 2.25. The Kier molecular flexibility index (Phi) is 8.74. The fourth-order valence-electron chi connectivity index (χ4n) is 3.36. The molecule has 0 saturated heterocycles. The average Bonchev–Trinajstić information content (AvgIpc) is 2.75. The Bertz CT molecular complexity index is 874. The third-order valence-corrected chi connectivity index (χ3v) is 4.85. The van der Waals surface area contributed by atoms with E-state index in [9.17, 15) is 10.2 Å². The molecular formula is C24H32N2O3. The Morgan fingerprint density at radius 3 is 2.76 bits per heavy atom. The first kappa shape index (κ1) is 22.5. The maximum Gasteiger partial charge on any atom is 0.213 e. The monoisotopic (exact) mass is 396 g/mol. The number of fused-ring (bicyclic) bond motifs is 1. The lowest BCUT2D eigenvalue weighted by Crippen LogP contribution is -2.32. The predicted octanol–water partition coefficient (Wildman–Crippen LogP) is 5.39. The van der Waals surface area contributed by atoms with E-state index in [4.69, 9.17) is 4.74 Å². The van der Waals surface area contributed by atoms with Gasteiger partial charge in [0.25, 0.3) is 0 Å². The van der Waals surface area contributed by atoms with E-state index in [1.165, 1.54) is 0 Å². The molecule has 0 unspecified atom stereocenters. The second kappa shape index (κ2) is 11.3. The lowest BCUT2D eigenvalue weighted by Gasteiger charge is -2.29. The maximum absolute atomic E-state index is 9.89. The van der Waals surface area contributed by atoms with Crippen LogP contribution in [-0.4, -0.2) is 46.3 Å². The van der Waals surface area contributed by atoms with Crippen molar-refractivity contribution < 1.29 is 14.9 Å². The van der Waals surface area contributed by atoms with E-state index >= 15 is 0 Å². The van der Waals surface area contributed by atoms with Gasteiger partial charge in [-0.15, -0.1) is 0 Å². The summed E-state index contributed by atoms with van der Waals surface area (Å²) in [7, 11) is 0. The van der Waals surface area contributed by atoms with E-state index in [2.05, 4.69) is 23.0 Å². The standard InChI is InChI=1S/C22H26N2O3.C2H6/c1-3-17-15-24(13-11-19(17)16(2)25)12-4-5-14-27-21-10-9-18-7-6-8-20(26)22(18)23-21;1-2/h3,6-10,25-26H,1-2,4-5,11-15H2;1-2H3. The smallest absolute Gasteiger partial charge is 0.213 e. The minimum atomic E-state index is 0.159. The van der Waals surface area contributed by atoms with Crippen molar-refractivity contribution >= 4 is 10.9 Å². The summed E-state index contributed by atoms with van der Waals surface area (Å²) in [6.45, 7) is 14.7. The van der Waals surface area contributed by atoms with Gasteiger partial charge in [-0.1, -0.05) is 45.2 Å². The number of unbranched alkanes of at least 4 members (excludes halogenated alkanes) is 1. The minimum Gasteiger partial charge on any atom is -0.508 e. The van der Waals surface area contributed by atoms with Crippen LogP contribution in [0.3, 0.4) is 0 Å². The molecule has 0 spiro atoms. The molecule has 156 valence electrons. The summed E-state index contributed by atoms with van der Waals surface area (Å²) in [5.41, 5.74) is 2.55. The summed E-state index contributed by atoms with van der Waals surface area (Å²) in [5.74, 6) is 0.857. The van der Waals surface area contributed by atoms with Crippen LogP contribution in [0.15, 0.2) is 66.5 Å². The Morgan fingerprint density at radius 2 is 2.03 bits per heavy atom. The van der Waals surface area contributed by atoms with Crippen LogP contribution >= 0.6 is 0 Å². The van der Waals surface area contributed by atoms with Crippen LogP contribution in [0.5, 0.6) is 11.6 Å². The van der Waals surface area contributed by atoms with Crippen molar-refractivity contribution in [3.8, 4) is 11.6 Å². The quantitative estimate of drug-likeness (QED) is 0.463. The van der Waals surface area contributed by atoms with Crippen LogP contribution in [-0.2, 0) is 0 Å². The maximum atomic E-state index is 9.89. The molecule has 2 aromatic rings. The van der Waals surface area contributed by atoms with Crippen LogP contribution in [0.4, 0.5) is 0 Å². The third-order valence-electron chi connectivity index (χ3n) is 4.85. The number of aliphatic hydroxyl groups excluding tert-OH is 1. The SMILES string of the molecule is C=CC1=C(C(=C)O)CCN(CCCCOc2ccc3cccc(O)c3n2)C1.CC. The van der Waals surface area contributed by atoms with E-state index in [0.717, 1.165) is 55.4 Å². The molecule has 1 aliphatic heterocycles. The molecule has 3 rings (SSSR count). The summed E-state index contributed by atoms with van der Waals surface area (Å²) in [6, 6.07) is 9.07. The molecule has 1 aromatic heterocycles. The molecule has 0 saturated carbocycles. The first-order valence-corrected chi connectivity index (χ1v) is 10.2. The van der Waals surface area contributed by atoms with Gasteiger partial charge in [-0.3, -0.25) is 4.90 Å². The lowest BCUT2D eigenvalue weighted by atomic mass is 9.98. The fourth-order valence-corrected chi connectivity index (χ4v) is 3.36. The predicted molar refractivity (Wildman–Crippen MR) is 120 cm³/mol. The number of aromatic hydroxyl groups is 1. The first-order valence-electron chi connectivity index (χ1n) is 10.2. The van der Waals surface area contributed by atoms with Gasteiger partial charge in [0.05, 0.1) is 6.61 Å². The number of para-hydroxylation sites is 1. The van der Waals surface area contributed by atoms with Crippen molar-refractivity contribution in [2.75, 3.05) is 26.2 Å². The van der Waals surface area contributed by atoms with Gasteiger partial charge in [0.1, 0.15) is 17.0 Å². The number of nitrogens with zero attached hydrogens (tertiary/aromatic N) is 2. The van der Waals surface area contributed by atoms with Crippen molar-refractivity contribution in [2.24, 2.45) is 0 Å². The average molecular weight is 397 g/mol. The molecule has 2 N–H and O–H groups in total. The molecule has 29 heavy (non-hydrogen) atoms. The van der Waals surface area contributed by atoms with Gasteiger partial charge < -0.3 is 14.9 Å². The van der Waals surface area contributed by atoms with Crippen LogP contribution in [0, 0.1) is 0 Å². The zero-order valence-electron chi connectivity index (χ0n) is 17.5. The molecule has 0 atom stereocenters. The largest absolute Gasteiger partial charge is 0.508 e. The highest BCUT2D eigenvalue weighted by atomic mass is 16.5. The van der Waals surface area contributed by atoms with E-state index in [0.29, 0.717) is 18.0 Å². The van der Waals surface area contributed by atoms with Crippen molar-refractivity contribution in [1.82, 2.24) is 9.88 Å². The second-order valence-corrected chi connectivity index (χ2v) is 6.73. The second-order valence-electron chi connectivity index (χ2n) is 6.73. The number of benzene rings is 1. The van der Waals surface area contributed by atoms with E-state index in [-0.39, 0.29) is 11.5 Å². The van der Waals surface area contributed by atoms with Crippen LogP contribution in [0.25, 0.3) is 10.9 Å². The number of ether oxygens (including phenoxy) is 1. The topological polar surface area (TPSA) is 65.8 Å². The molecular weight excluding hydrogens is 364 g/mol. The fraction of sp³-hybridized carbons (Fsp3) is 0.375. The van der Waals surface area contributed by atoms with Gasteiger partial charge in [-0.2, -0.15) is 0 Å². The Morgan fingerprint density at radius 1 is 1.24 bits per heavy atom. The number of pyridine rings is 1. The van der Waals surface area contributed by atoms with Crippen molar-refractivity contribution in [1.29, 1.82) is 0 Å². The molecule has 0 fully saturated rings. The van der Waals surface area contributed by atoms with Crippen molar-refractivity contribution in [2.45, 2.75) is 33.1 Å². The zero-order chi connectivity index (χ0) is 21.2. The molecule has 1 aromatic carbocycles. The molecule has 2 heterocycles. The van der Waals surface area contributed by atoms with Gasteiger partial charge in [0.15, 0.2) is 0 Å². The summed E-state index contributed by atoms with van der Waals surface area (Å²) < 4.78 is 5.74. The number of hydrogen-bond donors (Lipinski definition) is 2. The summed E-state index contributed by atoms with van der Waals surface area (Å²) in [5, 5.41) is 20.4. The summed E-state index contributed by atoms with van der Waals surface area (Å²) >= 11 is 0. The summed E-state index contributed by atoms with van der Waals surface area (Å²) in [6.07, 6.45) is 4.55. The lowest BCUT2D eigenvalue weighted by molar-refractivity contribution is 0.252. The highest BCUT2D eigenvalue weighted by molar-refractivity contribution is 5.84. The molecule has 0 aliphatic carbocycles. The van der Waals surface area contributed by atoms with Gasteiger partial charge >= 0.3 is 0 Å². The number of aliphatic hydroxyl groups is 1. The molecule has 0 amide bonds. The van der Waals surface area contributed by atoms with Crippen LogP contribution in [0.2, 0.25) is 0 Å². The molecule has 5 nitrogen and oxygen atoms in total. The number of rotatable bonds is 8.